The van der Waals surface area contributed by atoms with Gasteiger partial charge in [0.15, 0.2) is 0 Å². The van der Waals surface area contributed by atoms with Gasteiger partial charge in [0.25, 0.3) is 0 Å². The van der Waals surface area contributed by atoms with Crippen LogP contribution in [0.2, 0.25) is 5.02 Å². The first-order chi connectivity index (χ1) is 5.61. The Morgan fingerprint density at radius 1 is 1.50 bits per heavy atom. The molecule has 3 N–H and O–H groups in total. The number of halogens is 1. The molecule has 0 bridgehead atoms. The van der Waals surface area contributed by atoms with E-state index in [4.69, 9.17) is 17.3 Å². The Morgan fingerprint density at radius 2 is 2.17 bits per heavy atom. The Kier molecular flexibility index (Phi) is 3.09. The molecule has 0 amide bonds. The summed E-state index contributed by atoms with van der Waals surface area (Å²) in [6.07, 6.45) is -0.552. The second-order valence-electron chi connectivity index (χ2n) is 2.82. The van der Waals surface area contributed by atoms with E-state index in [1.165, 1.54) is 0 Å². The van der Waals surface area contributed by atoms with Crippen LogP contribution in [0.15, 0.2) is 24.3 Å². The van der Waals surface area contributed by atoms with Gasteiger partial charge in [0.05, 0.1) is 12.1 Å². The van der Waals surface area contributed by atoms with Crippen LogP contribution in [-0.2, 0) is 0 Å². The minimum Gasteiger partial charge on any atom is -0.391 e. The van der Waals surface area contributed by atoms with Crippen molar-refractivity contribution in [2.45, 2.75) is 19.1 Å². The molecule has 1 aromatic rings. The zero-order valence-electron chi connectivity index (χ0n) is 6.87. The van der Waals surface area contributed by atoms with Crippen molar-refractivity contribution in [2.24, 2.45) is 5.73 Å². The highest BCUT2D eigenvalue weighted by Gasteiger charge is 2.11. The maximum Gasteiger partial charge on any atom is 0.0704 e. The summed E-state index contributed by atoms with van der Waals surface area (Å²) in [5.41, 5.74) is 6.56. The van der Waals surface area contributed by atoms with Crippen molar-refractivity contribution >= 4 is 11.6 Å². The third-order valence-corrected chi connectivity index (χ3v) is 1.99. The lowest BCUT2D eigenvalue weighted by Crippen LogP contribution is -2.22. The predicted octanol–water partition coefficient (Wildman–Crippen LogP) is 1.72. The van der Waals surface area contributed by atoms with Crippen LogP contribution in [-0.4, -0.2) is 11.2 Å². The summed E-state index contributed by atoms with van der Waals surface area (Å²) < 4.78 is 0. The van der Waals surface area contributed by atoms with Crippen LogP contribution in [0.5, 0.6) is 0 Å². The maximum absolute atomic E-state index is 9.20. The van der Waals surface area contributed by atoms with Crippen molar-refractivity contribution in [3.63, 3.8) is 0 Å². The molecule has 1 rings (SSSR count). The van der Waals surface area contributed by atoms with Crippen LogP contribution >= 0.6 is 11.6 Å². The molecule has 0 radical (unpaired) electrons. The molecular weight excluding hydrogens is 174 g/mol. The number of hydrogen-bond acceptors (Lipinski definition) is 2. The van der Waals surface area contributed by atoms with Gasteiger partial charge in [-0.05, 0) is 24.6 Å². The SMILES string of the molecule is C[C@@H](O)[C@H](N)c1cccc(Cl)c1. The highest BCUT2D eigenvalue weighted by atomic mass is 35.5. The molecule has 66 valence electrons. The van der Waals surface area contributed by atoms with E-state index in [-0.39, 0.29) is 6.04 Å². The molecule has 0 saturated heterocycles. The summed E-state index contributed by atoms with van der Waals surface area (Å²) in [7, 11) is 0. The molecule has 0 heterocycles. The average Bonchev–Trinajstić information content (AvgIpc) is 2.03. The standard InChI is InChI=1S/C9H12ClNO/c1-6(12)9(11)7-3-2-4-8(10)5-7/h2-6,9,12H,11H2,1H3/t6-,9+/m1/s1. The lowest BCUT2D eigenvalue weighted by Gasteiger charge is -2.14. The Morgan fingerprint density at radius 3 is 2.67 bits per heavy atom. The Balaban J connectivity index is 2.88. The van der Waals surface area contributed by atoms with Crippen LogP contribution in [0, 0.1) is 0 Å². The van der Waals surface area contributed by atoms with Gasteiger partial charge >= 0.3 is 0 Å². The van der Waals surface area contributed by atoms with Gasteiger partial charge in [-0.15, -0.1) is 0 Å². The molecule has 0 aliphatic rings. The van der Waals surface area contributed by atoms with E-state index in [0.29, 0.717) is 5.02 Å². The Bertz CT molecular complexity index is 262. The van der Waals surface area contributed by atoms with Crippen LogP contribution in [0.3, 0.4) is 0 Å². The number of benzene rings is 1. The topological polar surface area (TPSA) is 46.2 Å². The van der Waals surface area contributed by atoms with E-state index in [1.807, 2.05) is 12.1 Å². The fourth-order valence-corrected chi connectivity index (χ4v) is 1.19. The fraction of sp³-hybridized carbons (Fsp3) is 0.333. The van der Waals surface area contributed by atoms with E-state index in [9.17, 15) is 5.11 Å². The molecule has 2 nitrogen and oxygen atoms in total. The van der Waals surface area contributed by atoms with Gasteiger partial charge in [0.2, 0.25) is 0 Å². The van der Waals surface area contributed by atoms with Crippen LogP contribution < -0.4 is 5.73 Å². The lowest BCUT2D eigenvalue weighted by molar-refractivity contribution is 0.164. The van der Waals surface area contributed by atoms with Gasteiger partial charge < -0.3 is 10.8 Å². The minimum atomic E-state index is -0.552. The van der Waals surface area contributed by atoms with Gasteiger partial charge in [0, 0.05) is 5.02 Å². The third kappa shape index (κ3) is 2.21. The van der Waals surface area contributed by atoms with E-state index < -0.39 is 6.10 Å². The third-order valence-electron chi connectivity index (χ3n) is 1.75. The molecule has 0 fully saturated rings. The molecule has 0 aliphatic heterocycles. The summed E-state index contributed by atoms with van der Waals surface area (Å²) in [4.78, 5) is 0. The molecule has 1 aromatic carbocycles. The first-order valence-electron chi connectivity index (χ1n) is 3.80. The normalized spacial score (nSPS) is 15.7. The van der Waals surface area contributed by atoms with Crippen molar-refractivity contribution in [3.05, 3.63) is 34.9 Å². The number of nitrogens with two attached hydrogens (primary N) is 1. The van der Waals surface area contributed by atoms with Gasteiger partial charge in [-0.2, -0.15) is 0 Å². The van der Waals surface area contributed by atoms with E-state index >= 15 is 0 Å². The van der Waals surface area contributed by atoms with Crippen molar-refractivity contribution in [1.29, 1.82) is 0 Å². The van der Waals surface area contributed by atoms with Crippen LogP contribution in [0.1, 0.15) is 18.5 Å². The molecule has 12 heavy (non-hydrogen) atoms. The van der Waals surface area contributed by atoms with Gasteiger partial charge in [-0.25, -0.2) is 0 Å². The number of hydrogen-bond donors (Lipinski definition) is 2. The van der Waals surface area contributed by atoms with Gasteiger partial charge in [0.1, 0.15) is 0 Å². The first-order valence-corrected chi connectivity index (χ1v) is 4.18. The summed E-state index contributed by atoms with van der Waals surface area (Å²) >= 11 is 5.76. The second-order valence-corrected chi connectivity index (χ2v) is 3.26. The number of aliphatic hydroxyl groups is 1. The molecular formula is C9H12ClNO. The molecule has 0 unspecified atom stereocenters. The Labute approximate surface area is 77.0 Å². The lowest BCUT2D eigenvalue weighted by atomic mass is 10.0. The maximum atomic E-state index is 9.20. The highest BCUT2D eigenvalue weighted by Crippen LogP contribution is 2.18. The summed E-state index contributed by atoms with van der Waals surface area (Å²) in [5, 5.41) is 9.84. The zero-order valence-corrected chi connectivity index (χ0v) is 7.62. The molecule has 0 aromatic heterocycles. The molecule has 0 spiro atoms. The van der Waals surface area contributed by atoms with Crippen LogP contribution in [0.25, 0.3) is 0 Å². The van der Waals surface area contributed by atoms with Crippen molar-refractivity contribution < 1.29 is 5.11 Å². The molecule has 0 saturated carbocycles. The number of rotatable bonds is 2. The highest BCUT2D eigenvalue weighted by molar-refractivity contribution is 6.30. The molecule has 3 heteroatoms. The van der Waals surface area contributed by atoms with E-state index in [1.54, 1.807) is 19.1 Å². The predicted molar refractivity (Wildman–Crippen MR) is 50.1 cm³/mol. The molecule has 2 atom stereocenters. The average molecular weight is 186 g/mol. The zero-order chi connectivity index (χ0) is 9.14. The van der Waals surface area contributed by atoms with Crippen molar-refractivity contribution in [3.8, 4) is 0 Å². The monoisotopic (exact) mass is 185 g/mol. The summed E-state index contributed by atoms with van der Waals surface area (Å²) in [6, 6.07) is 6.85. The summed E-state index contributed by atoms with van der Waals surface area (Å²) in [6.45, 7) is 1.66. The largest absolute Gasteiger partial charge is 0.391 e. The Hall–Kier alpha value is -0.570. The minimum absolute atomic E-state index is 0.358. The fourth-order valence-electron chi connectivity index (χ4n) is 0.992. The van der Waals surface area contributed by atoms with E-state index in [2.05, 4.69) is 0 Å². The van der Waals surface area contributed by atoms with Gasteiger partial charge in [-0.3, -0.25) is 0 Å². The smallest absolute Gasteiger partial charge is 0.0704 e. The van der Waals surface area contributed by atoms with Crippen molar-refractivity contribution in [2.75, 3.05) is 0 Å². The number of aliphatic hydroxyl groups excluding tert-OH is 1. The van der Waals surface area contributed by atoms with E-state index in [0.717, 1.165) is 5.56 Å². The quantitative estimate of drug-likeness (QED) is 0.737. The second kappa shape index (κ2) is 3.90. The molecule has 0 aliphatic carbocycles. The first kappa shape index (κ1) is 9.52. The van der Waals surface area contributed by atoms with Gasteiger partial charge in [-0.1, -0.05) is 23.7 Å². The summed E-state index contributed by atoms with van der Waals surface area (Å²) in [5.74, 6) is 0. The van der Waals surface area contributed by atoms with Crippen molar-refractivity contribution in [1.82, 2.24) is 0 Å². The van der Waals surface area contributed by atoms with Crippen LogP contribution in [0.4, 0.5) is 0 Å².